The summed E-state index contributed by atoms with van der Waals surface area (Å²) in [6.07, 6.45) is 0.245. The van der Waals surface area contributed by atoms with Gasteiger partial charge in [0.25, 0.3) is 0 Å². The van der Waals surface area contributed by atoms with E-state index in [2.05, 4.69) is 15.9 Å². The molecule has 0 bridgehead atoms. The molecular formula is C14H12BrNO2. The molecule has 0 aliphatic carbocycles. The van der Waals surface area contributed by atoms with Crippen molar-refractivity contribution in [1.82, 2.24) is 0 Å². The van der Waals surface area contributed by atoms with Crippen LogP contribution < -0.4 is 5.73 Å². The van der Waals surface area contributed by atoms with Crippen LogP contribution in [0.5, 0.6) is 5.75 Å². The number of hydrogen-bond acceptors (Lipinski definition) is 3. The molecule has 3 nitrogen and oxygen atoms in total. The van der Waals surface area contributed by atoms with E-state index in [1.54, 1.807) is 0 Å². The molecule has 3 N–H and O–H groups in total. The van der Waals surface area contributed by atoms with E-state index in [0.717, 1.165) is 10.0 Å². The molecule has 2 aromatic rings. The van der Waals surface area contributed by atoms with Gasteiger partial charge in [-0.1, -0.05) is 34.1 Å². The molecule has 0 saturated carbocycles. The van der Waals surface area contributed by atoms with Crippen molar-refractivity contribution in [3.8, 4) is 5.75 Å². The van der Waals surface area contributed by atoms with E-state index in [9.17, 15) is 9.90 Å². The van der Waals surface area contributed by atoms with Gasteiger partial charge in [0.1, 0.15) is 5.75 Å². The molecule has 0 aliphatic rings. The first kappa shape index (κ1) is 12.6. The van der Waals surface area contributed by atoms with Crippen molar-refractivity contribution in [3.63, 3.8) is 0 Å². The van der Waals surface area contributed by atoms with Gasteiger partial charge in [-0.3, -0.25) is 4.79 Å². The van der Waals surface area contributed by atoms with E-state index in [-0.39, 0.29) is 18.0 Å². The van der Waals surface area contributed by atoms with Crippen LogP contribution in [0, 0.1) is 0 Å². The first-order chi connectivity index (χ1) is 8.58. The topological polar surface area (TPSA) is 63.3 Å². The number of anilines is 1. The van der Waals surface area contributed by atoms with Crippen LogP contribution in [0.1, 0.15) is 15.9 Å². The summed E-state index contributed by atoms with van der Waals surface area (Å²) >= 11 is 3.40. The van der Waals surface area contributed by atoms with Gasteiger partial charge in [0.05, 0.1) is 0 Å². The maximum atomic E-state index is 12.1. The Morgan fingerprint density at radius 3 is 2.67 bits per heavy atom. The number of benzene rings is 2. The van der Waals surface area contributed by atoms with Crippen LogP contribution >= 0.6 is 15.9 Å². The van der Waals surface area contributed by atoms with Crippen LogP contribution in [0.3, 0.4) is 0 Å². The number of hydrogen-bond donors (Lipinski definition) is 2. The number of nitrogens with two attached hydrogens (primary N) is 1. The Bertz CT molecular complexity index is 596. The SMILES string of the molecule is Nc1ccc(O)cc1C(=O)Cc1ccccc1Br. The summed E-state index contributed by atoms with van der Waals surface area (Å²) in [5.41, 5.74) is 7.36. The second kappa shape index (κ2) is 5.23. The van der Waals surface area contributed by atoms with Crippen molar-refractivity contribution < 1.29 is 9.90 Å². The molecule has 92 valence electrons. The Hall–Kier alpha value is -1.81. The van der Waals surface area contributed by atoms with Gasteiger partial charge in [-0.25, -0.2) is 0 Å². The fourth-order valence-corrected chi connectivity index (χ4v) is 2.12. The standard InChI is InChI=1S/C14H12BrNO2/c15-12-4-2-1-3-9(12)7-14(18)11-8-10(17)5-6-13(11)16/h1-6,8,17H,7,16H2. The number of phenols is 1. The first-order valence-corrected chi connectivity index (χ1v) is 6.22. The van der Waals surface area contributed by atoms with Gasteiger partial charge in [0, 0.05) is 22.1 Å². The summed E-state index contributed by atoms with van der Waals surface area (Å²) < 4.78 is 0.886. The van der Waals surface area contributed by atoms with Crippen molar-refractivity contribution >= 4 is 27.4 Å². The molecule has 0 heterocycles. The highest BCUT2D eigenvalue weighted by atomic mass is 79.9. The molecule has 0 saturated heterocycles. The normalized spacial score (nSPS) is 10.3. The largest absolute Gasteiger partial charge is 0.508 e. The van der Waals surface area contributed by atoms with Gasteiger partial charge >= 0.3 is 0 Å². The van der Waals surface area contributed by atoms with Crippen molar-refractivity contribution in [2.45, 2.75) is 6.42 Å². The summed E-state index contributed by atoms with van der Waals surface area (Å²) in [5, 5.41) is 9.39. The fourth-order valence-electron chi connectivity index (χ4n) is 1.70. The molecule has 0 unspecified atom stereocenters. The van der Waals surface area contributed by atoms with E-state index in [1.807, 2.05) is 24.3 Å². The zero-order valence-electron chi connectivity index (χ0n) is 9.56. The lowest BCUT2D eigenvalue weighted by Gasteiger charge is -2.07. The van der Waals surface area contributed by atoms with E-state index < -0.39 is 0 Å². The Labute approximate surface area is 113 Å². The second-order valence-electron chi connectivity index (χ2n) is 3.96. The van der Waals surface area contributed by atoms with E-state index in [4.69, 9.17) is 5.73 Å². The third-order valence-electron chi connectivity index (χ3n) is 2.65. The summed E-state index contributed by atoms with van der Waals surface area (Å²) in [7, 11) is 0. The smallest absolute Gasteiger partial charge is 0.169 e. The molecule has 2 rings (SSSR count). The third kappa shape index (κ3) is 2.71. The Kier molecular flexibility index (Phi) is 3.67. The van der Waals surface area contributed by atoms with Crippen LogP contribution in [0.4, 0.5) is 5.69 Å². The predicted octanol–water partition coefficient (Wildman–Crippen LogP) is 3.16. The molecular weight excluding hydrogens is 294 g/mol. The summed E-state index contributed by atoms with van der Waals surface area (Å²) in [5.74, 6) is -0.0741. The van der Waals surface area contributed by atoms with Crippen molar-refractivity contribution in [2.24, 2.45) is 0 Å². The minimum Gasteiger partial charge on any atom is -0.508 e. The number of nitrogen functional groups attached to an aromatic ring is 1. The molecule has 4 heteroatoms. The average molecular weight is 306 g/mol. The number of Topliss-reactive ketones (excluding diaryl/α,β-unsaturated/α-hetero) is 1. The molecule has 0 fully saturated rings. The molecule has 0 amide bonds. The van der Waals surface area contributed by atoms with E-state index >= 15 is 0 Å². The number of phenolic OH excluding ortho intramolecular Hbond substituents is 1. The van der Waals surface area contributed by atoms with E-state index in [1.165, 1.54) is 18.2 Å². The second-order valence-corrected chi connectivity index (χ2v) is 4.82. The lowest BCUT2D eigenvalue weighted by Crippen LogP contribution is -2.07. The lowest BCUT2D eigenvalue weighted by molar-refractivity contribution is 0.0993. The molecule has 0 spiro atoms. The van der Waals surface area contributed by atoms with Crippen LogP contribution in [0.15, 0.2) is 46.9 Å². The van der Waals surface area contributed by atoms with Crippen molar-refractivity contribution in [3.05, 3.63) is 58.1 Å². The maximum Gasteiger partial charge on any atom is 0.169 e. The summed E-state index contributed by atoms with van der Waals surface area (Å²) in [6.45, 7) is 0. The van der Waals surface area contributed by atoms with E-state index in [0.29, 0.717) is 11.3 Å². The van der Waals surface area contributed by atoms with Gasteiger partial charge in [0.15, 0.2) is 5.78 Å². The highest BCUT2D eigenvalue weighted by Gasteiger charge is 2.12. The van der Waals surface area contributed by atoms with Gasteiger partial charge in [-0.05, 0) is 29.8 Å². The highest BCUT2D eigenvalue weighted by molar-refractivity contribution is 9.10. The Morgan fingerprint density at radius 1 is 1.22 bits per heavy atom. The minimum atomic E-state index is -0.115. The van der Waals surface area contributed by atoms with Gasteiger partial charge in [0.2, 0.25) is 0 Å². The number of carbonyl (C=O) groups excluding carboxylic acids is 1. The van der Waals surface area contributed by atoms with Crippen LogP contribution in [-0.4, -0.2) is 10.9 Å². The first-order valence-electron chi connectivity index (χ1n) is 5.43. The number of halogens is 1. The van der Waals surface area contributed by atoms with Gasteiger partial charge in [-0.2, -0.15) is 0 Å². The van der Waals surface area contributed by atoms with Gasteiger partial charge in [-0.15, -0.1) is 0 Å². The predicted molar refractivity (Wildman–Crippen MR) is 74.7 cm³/mol. The maximum absolute atomic E-state index is 12.1. The van der Waals surface area contributed by atoms with Gasteiger partial charge < -0.3 is 10.8 Å². The average Bonchev–Trinajstić information content (AvgIpc) is 2.35. The monoisotopic (exact) mass is 305 g/mol. The number of ketones is 1. The van der Waals surface area contributed by atoms with Crippen LogP contribution in [0.2, 0.25) is 0 Å². The molecule has 0 radical (unpaired) electrons. The molecule has 18 heavy (non-hydrogen) atoms. The van der Waals surface area contributed by atoms with Crippen molar-refractivity contribution in [2.75, 3.05) is 5.73 Å². The highest BCUT2D eigenvalue weighted by Crippen LogP contribution is 2.22. The zero-order chi connectivity index (χ0) is 13.1. The minimum absolute atomic E-state index is 0.0414. The molecule has 0 atom stereocenters. The summed E-state index contributed by atoms with van der Waals surface area (Å²) in [4.78, 5) is 12.1. The number of carbonyl (C=O) groups is 1. The Balaban J connectivity index is 2.28. The summed E-state index contributed by atoms with van der Waals surface area (Å²) in [6, 6.07) is 11.9. The lowest BCUT2D eigenvalue weighted by atomic mass is 10.0. The third-order valence-corrected chi connectivity index (χ3v) is 3.42. The van der Waals surface area contributed by atoms with Crippen LogP contribution in [-0.2, 0) is 6.42 Å². The Morgan fingerprint density at radius 2 is 1.94 bits per heavy atom. The zero-order valence-corrected chi connectivity index (χ0v) is 11.1. The molecule has 0 aromatic heterocycles. The number of aromatic hydroxyl groups is 1. The van der Waals surface area contributed by atoms with Crippen molar-refractivity contribution in [1.29, 1.82) is 0 Å². The molecule has 0 aliphatic heterocycles. The van der Waals surface area contributed by atoms with Crippen LogP contribution in [0.25, 0.3) is 0 Å². The number of rotatable bonds is 3. The fraction of sp³-hybridized carbons (Fsp3) is 0.0714. The molecule has 2 aromatic carbocycles. The quantitative estimate of drug-likeness (QED) is 0.520.